The van der Waals surface area contributed by atoms with Crippen molar-refractivity contribution in [3.63, 3.8) is 0 Å². The average molecular weight is 207 g/mol. The Hall–Kier alpha value is -1.69. The van der Waals surface area contributed by atoms with Crippen LogP contribution in [0.15, 0.2) is 17.4 Å². The van der Waals surface area contributed by atoms with E-state index in [-0.39, 0.29) is 0 Å². The monoisotopic (exact) mass is 207 g/mol. The molecule has 2 heterocycles. The van der Waals surface area contributed by atoms with Crippen LogP contribution in [0.25, 0.3) is 0 Å². The summed E-state index contributed by atoms with van der Waals surface area (Å²) in [5.41, 5.74) is 2.62. The zero-order valence-electron chi connectivity index (χ0n) is 8.39. The third-order valence-electron chi connectivity index (χ3n) is 2.16. The van der Waals surface area contributed by atoms with E-state index in [9.17, 15) is 0 Å². The van der Waals surface area contributed by atoms with E-state index in [1.54, 1.807) is 6.20 Å². The van der Waals surface area contributed by atoms with Gasteiger partial charge in [-0.3, -0.25) is 0 Å². The van der Waals surface area contributed by atoms with E-state index in [0.29, 0.717) is 5.95 Å². The normalized spacial score (nSPS) is 16.1. The van der Waals surface area contributed by atoms with Crippen molar-refractivity contribution in [2.24, 2.45) is 5.10 Å². The van der Waals surface area contributed by atoms with Crippen LogP contribution in [0, 0.1) is 0 Å². The summed E-state index contributed by atoms with van der Waals surface area (Å²) in [6.45, 7) is 6.53. The highest BCUT2D eigenvalue weighted by atomic mass is 16.5. The molecule has 0 bridgehead atoms. The number of nitrogens with zero attached hydrogens (tertiary/aromatic N) is 4. The van der Waals surface area contributed by atoms with Crippen LogP contribution in [0.4, 0.5) is 11.8 Å². The van der Waals surface area contributed by atoms with E-state index in [4.69, 9.17) is 4.74 Å². The van der Waals surface area contributed by atoms with Gasteiger partial charge in [0, 0.05) is 26.0 Å². The van der Waals surface area contributed by atoms with Gasteiger partial charge in [-0.25, -0.2) is 10.4 Å². The molecule has 6 nitrogen and oxygen atoms in total. The van der Waals surface area contributed by atoms with Gasteiger partial charge < -0.3 is 9.64 Å². The van der Waals surface area contributed by atoms with Gasteiger partial charge >= 0.3 is 0 Å². The molecule has 0 atom stereocenters. The maximum Gasteiger partial charge on any atom is 0.245 e. The fraction of sp³-hybridized carbons (Fsp3) is 0.444. The number of hydrogen-bond acceptors (Lipinski definition) is 6. The standard InChI is InChI=1S/C9H13N5O/c1-10-13-9-11-3-2-8(12-9)14-4-6-15-7-5-14/h2-3H,1,4-7H2,(H,11,12,13). The molecule has 15 heavy (non-hydrogen) atoms. The molecule has 1 fully saturated rings. The van der Waals surface area contributed by atoms with Crippen LogP contribution in [-0.4, -0.2) is 43.0 Å². The SMILES string of the molecule is C=NNc1nccc(N2CCOCC2)n1. The third kappa shape index (κ3) is 2.41. The zero-order valence-corrected chi connectivity index (χ0v) is 8.39. The fourth-order valence-corrected chi connectivity index (χ4v) is 1.44. The molecule has 0 aromatic carbocycles. The van der Waals surface area contributed by atoms with Crippen LogP contribution in [0.1, 0.15) is 0 Å². The molecule has 1 N–H and O–H groups in total. The molecule has 1 aromatic heterocycles. The summed E-state index contributed by atoms with van der Waals surface area (Å²) in [6.07, 6.45) is 1.70. The Balaban J connectivity index is 2.12. The lowest BCUT2D eigenvalue weighted by molar-refractivity contribution is 0.122. The number of hydrogen-bond donors (Lipinski definition) is 1. The number of ether oxygens (including phenoxy) is 1. The molecule has 0 aliphatic carbocycles. The lowest BCUT2D eigenvalue weighted by Gasteiger charge is -2.27. The minimum Gasteiger partial charge on any atom is -0.378 e. The van der Waals surface area contributed by atoms with Crippen molar-refractivity contribution in [1.82, 2.24) is 9.97 Å². The van der Waals surface area contributed by atoms with Crippen LogP contribution >= 0.6 is 0 Å². The quantitative estimate of drug-likeness (QED) is 0.572. The lowest BCUT2D eigenvalue weighted by atomic mass is 10.4. The Bertz CT molecular complexity index is 337. The second-order valence-electron chi connectivity index (χ2n) is 3.11. The van der Waals surface area contributed by atoms with Crippen LogP contribution < -0.4 is 10.3 Å². The molecular weight excluding hydrogens is 194 g/mol. The molecule has 1 aromatic rings. The first-order valence-electron chi connectivity index (χ1n) is 4.77. The molecular formula is C9H13N5O. The van der Waals surface area contributed by atoms with Gasteiger partial charge in [-0.15, -0.1) is 0 Å². The van der Waals surface area contributed by atoms with E-state index in [1.165, 1.54) is 0 Å². The van der Waals surface area contributed by atoms with Gasteiger partial charge in [-0.2, -0.15) is 10.1 Å². The summed E-state index contributed by atoms with van der Waals surface area (Å²) >= 11 is 0. The minimum absolute atomic E-state index is 0.467. The van der Waals surface area contributed by atoms with Crippen LogP contribution in [-0.2, 0) is 4.74 Å². The molecule has 1 aliphatic heterocycles. The van der Waals surface area contributed by atoms with Crippen molar-refractivity contribution in [1.29, 1.82) is 0 Å². The van der Waals surface area contributed by atoms with E-state index >= 15 is 0 Å². The smallest absolute Gasteiger partial charge is 0.245 e. The summed E-state index contributed by atoms with van der Waals surface area (Å²) in [7, 11) is 0. The van der Waals surface area contributed by atoms with E-state index in [1.807, 2.05) is 6.07 Å². The Morgan fingerprint density at radius 1 is 1.47 bits per heavy atom. The van der Waals surface area contributed by atoms with Crippen LogP contribution in [0.3, 0.4) is 0 Å². The molecule has 0 amide bonds. The first-order valence-corrected chi connectivity index (χ1v) is 4.77. The Kier molecular flexibility index (Phi) is 3.08. The summed E-state index contributed by atoms with van der Waals surface area (Å²) in [6, 6.07) is 1.87. The predicted molar refractivity (Wildman–Crippen MR) is 58.2 cm³/mol. The lowest BCUT2D eigenvalue weighted by Crippen LogP contribution is -2.36. The molecule has 0 unspecified atom stereocenters. The first kappa shape index (κ1) is 9.85. The second kappa shape index (κ2) is 4.70. The highest BCUT2D eigenvalue weighted by molar-refractivity contribution is 5.43. The molecule has 0 spiro atoms. The average Bonchev–Trinajstić information content (AvgIpc) is 2.31. The van der Waals surface area contributed by atoms with Crippen molar-refractivity contribution in [3.8, 4) is 0 Å². The van der Waals surface area contributed by atoms with E-state index < -0.39 is 0 Å². The van der Waals surface area contributed by atoms with Crippen molar-refractivity contribution in [3.05, 3.63) is 12.3 Å². The highest BCUT2D eigenvalue weighted by Gasteiger charge is 2.12. The number of rotatable bonds is 3. The first-order chi connectivity index (χ1) is 7.40. The molecule has 6 heteroatoms. The summed E-state index contributed by atoms with van der Waals surface area (Å²) < 4.78 is 5.27. The van der Waals surface area contributed by atoms with Gasteiger partial charge in [0.2, 0.25) is 5.95 Å². The maximum absolute atomic E-state index is 5.27. The van der Waals surface area contributed by atoms with Gasteiger partial charge in [0.15, 0.2) is 0 Å². The molecule has 2 rings (SSSR count). The molecule has 80 valence electrons. The van der Waals surface area contributed by atoms with Crippen molar-refractivity contribution >= 4 is 18.5 Å². The summed E-state index contributed by atoms with van der Waals surface area (Å²) in [5.74, 6) is 1.36. The van der Waals surface area contributed by atoms with Gasteiger partial charge in [0.05, 0.1) is 13.2 Å². The zero-order chi connectivity index (χ0) is 10.5. The minimum atomic E-state index is 0.467. The highest BCUT2D eigenvalue weighted by Crippen LogP contribution is 2.13. The number of anilines is 2. The molecule has 0 saturated carbocycles. The van der Waals surface area contributed by atoms with Crippen LogP contribution in [0.5, 0.6) is 0 Å². The third-order valence-corrected chi connectivity index (χ3v) is 2.16. The Morgan fingerprint density at radius 2 is 2.27 bits per heavy atom. The number of morpholine rings is 1. The van der Waals surface area contributed by atoms with Gasteiger partial charge in [-0.05, 0) is 6.07 Å². The topological polar surface area (TPSA) is 62.6 Å². The summed E-state index contributed by atoms with van der Waals surface area (Å²) in [5, 5.41) is 3.52. The second-order valence-corrected chi connectivity index (χ2v) is 3.11. The molecule has 0 radical (unpaired) electrons. The largest absolute Gasteiger partial charge is 0.378 e. The van der Waals surface area contributed by atoms with Gasteiger partial charge in [0.1, 0.15) is 5.82 Å². The van der Waals surface area contributed by atoms with Crippen molar-refractivity contribution < 1.29 is 4.74 Å². The van der Waals surface area contributed by atoms with Crippen molar-refractivity contribution in [2.45, 2.75) is 0 Å². The molecule has 1 saturated heterocycles. The maximum atomic E-state index is 5.27. The fourth-order valence-electron chi connectivity index (χ4n) is 1.44. The molecule has 1 aliphatic rings. The Morgan fingerprint density at radius 3 is 3.00 bits per heavy atom. The number of aromatic nitrogens is 2. The van der Waals surface area contributed by atoms with Gasteiger partial charge in [-0.1, -0.05) is 0 Å². The number of nitrogens with one attached hydrogen (secondary N) is 1. The van der Waals surface area contributed by atoms with E-state index in [2.05, 4.69) is 32.1 Å². The predicted octanol–water partition coefficient (Wildman–Crippen LogP) is 0.341. The van der Waals surface area contributed by atoms with Crippen molar-refractivity contribution in [2.75, 3.05) is 36.6 Å². The van der Waals surface area contributed by atoms with Crippen LogP contribution in [0.2, 0.25) is 0 Å². The number of hydrazone groups is 1. The summed E-state index contributed by atoms with van der Waals surface area (Å²) in [4.78, 5) is 10.5. The Labute approximate surface area is 88.0 Å². The van der Waals surface area contributed by atoms with E-state index in [0.717, 1.165) is 32.1 Å². The van der Waals surface area contributed by atoms with Gasteiger partial charge in [0.25, 0.3) is 0 Å².